The highest BCUT2D eigenvalue weighted by Gasteiger charge is 2.23. The molecule has 1 aliphatic rings. The zero-order chi connectivity index (χ0) is 30.1. The van der Waals surface area contributed by atoms with Gasteiger partial charge in [0.15, 0.2) is 0 Å². The smallest absolute Gasteiger partial charge is 0.326 e. The van der Waals surface area contributed by atoms with Gasteiger partial charge < -0.3 is 10.4 Å². The molecule has 220 valence electrons. The Hall–Kier alpha value is -3.67. The fourth-order valence-electron chi connectivity index (χ4n) is 5.20. The number of carboxylic acid groups (broad SMARTS) is 1. The minimum atomic E-state index is -1.09. The second kappa shape index (κ2) is 15.0. The summed E-state index contributed by atoms with van der Waals surface area (Å²) in [5.74, 6) is -2.22. The maximum atomic E-state index is 14.7. The number of hydrogen-bond acceptors (Lipinski definition) is 4. The quantitative estimate of drug-likeness (QED) is 0.210. The summed E-state index contributed by atoms with van der Waals surface area (Å²) in [5.41, 5.74) is 5.06. The van der Waals surface area contributed by atoms with Gasteiger partial charge >= 0.3 is 5.97 Å². The zero-order valence-corrected chi connectivity index (χ0v) is 24.8. The van der Waals surface area contributed by atoms with Crippen molar-refractivity contribution in [1.29, 1.82) is 0 Å². The number of carbonyl (C=O) groups excluding carboxylic acids is 1. The van der Waals surface area contributed by atoms with E-state index in [4.69, 9.17) is 0 Å². The molecule has 4 rings (SSSR count). The Labute approximate surface area is 251 Å². The van der Waals surface area contributed by atoms with Gasteiger partial charge in [-0.05, 0) is 74.3 Å². The molecule has 3 aromatic rings. The van der Waals surface area contributed by atoms with E-state index in [0.717, 1.165) is 48.4 Å². The first-order valence-electron chi connectivity index (χ1n) is 14.1. The molecule has 1 aliphatic carbocycles. The number of allylic oxidation sites excluding steroid dienone is 1. The molecule has 0 bridgehead atoms. The number of rotatable bonds is 13. The molecule has 5 nitrogen and oxygen atoms in total. The van der Waals surface area contributed by atoms with E-state index in [1.807, 2.05) is 43.5 Å². The van der Waals surface area contributed by atoms with Crippen LogP contribution in [0, 0.1) is 30.7 Å². The maximum Gasteiger partial charge on any atom is 0.326 e. The normalized spacial score (nSPS) is 13.8. The third-order valence-electron chi connectivity index (χ3n) is 7.43. The molecule has 42 heavy (non-hydrogen) atoms. The average molecular weight is 591 g/mol. The first-order valence-corrected chi connectivity index (χ1v) is 15.5. The van der Waals surface area contributed by atoms with Crippen molar-refractivity contribution in [2.45, 2.75) is 58.2 Å². The number of benzene rings is 2. The number of thioether (sulfide) groups is 1. The van der Waals surface area contributed by atoms with Crippen LogP contribution in [0.15, 0.2) is 60.2 Å². The molecule has 8 heteroatoms. The third kappa shape index (κ3) is 8.43. The molecule has 2 N–H and O–H groups in total. The van der Waals surface area contributed by atoms with Gasteiger partial charge in [0.1, 0.15) is 17.7 Å². The third-order valence-corrected chi connectivity index (χ3v) is 8.07. The predicted octanol–water partition coefficient (Wildman–Crippen LogP) is 6.98. The van der Waals surface area contributed by atoms with Crippen LogP contribution >= 0.6 is 11.8 Å². The lowest BCUT2D eigenvalue weighted by Crippen LogP contribution is -2.41. The van der Waals surface area contributed by atoms with Gasteiger partial charge in [-0.25, -0.2) is 13.6 Å². The van der Waals surface area contributed by atoms with Crippen LogP contribution in [-0.4, -0.2) is 46.5 Å². The van der Waals surface area contributed by atoms with Crippen molar-refractivity contribution in [1.82, 2.24) is 10.2 Å². The monoisotopic (exact) mass is 590 g/mol. The minimum absolute atomic E-state index is 0.217. The summed E-state index contributed by atoms with van der Waals surface area (Å²) in [4.78, 5) is 27.3. The van der Waals surface area contributed by atoms with Crippen molar-refractivity contribution in [3.63, 3.8) is 0 Å². The minimum Gasteiger partial charge on any atom is -0.480 e. The van der Waals surface area contributed by atoms with Gasteiger partial charge in [-0.15, -0.1) is 0 Å². The lowest BCUT2D eigenvalue weighted by atomic mass is 9.94. The van der Waals surface area contributed by atoms with Crippen LogP contribution in [0.25, 0.3) is 11.1 Å². The standard InChI is InChI=1S/C34H36F2N2O3S/c1-23-8-6-7-11-28(23)30-18-25(12-15-29(30)33(39)37-32(34(40)41)16-17-42-2)21-38(20-24-9-4-3-5-10-24)22-26-13-14-27(35)19-31(26)36/h6-9,11,13-14,18-19,32H,3-5,10,16-17,20-22H2,1-2H3,(H,37,39)(H,40,41)/t32-/m0/s1. The van der Waals surface area contributed by atoms with Crippen molar-refractivity contribution < 1.29 is 23.5 Å². The second-order valence-electron chi connectivity index (χ2n) is 10.7. The van der Waals surface area contributed by atoms with Crippen molar-refractivity contribution >= 4 is 23.6 Å². The largest absolute Gasteiger partial charge is 0.480 e. The van der Waals surface area contributed by atoms with Crippen LogP contribution in [0.4, 0.5) is 8.78 Å². The van der Waals surface area contributed by atoms with Gasteiger partial charge in [0, 0.05) is 42.4 Å². The Kier molecular flexibility index (Phi) is 11.2. The summed E-state index contributed by atoms with van der Waals surface area (Å²) < 4.78 is 28.2. The molecule has 0 saturated heterocycles. The van der Waals surface area contributed by atoms with Gasteiger partial charge in [-0.3, -0.25) is 9.69 Å². The number of halogens is 2. The van der Waals surface area contributed by atoms with Crippen molar-refractivity contribution in [2.75, 3.05) is 18.6 Å². The van der Waals surface area contributed by atoms with Gasteiger partial charge in [-0.2, -0.15) is 11.8 Å². The number of aliphatic carboxylic acids is 1. The summed E-state index contributed by atoms with van der Waals surface area (Å²) in [7, 11) is 0. The highest BCUT2D eigenvalue weighted by atomic mass is 32.2. The van der Waals surface area contributed by atoms with Crippen LogP contribution < -0.4 is 5.32 Å². The molecule has 0 spiro atoms. The number of hydrogen-bond donors (Lipinski definition) is 2. The van der Waals surface area contributed by atoms with E-state index in [9.17, 15) is 23.5 Å². The Morgan fingerprint density at radius 2 is 1.86 bits per heavy atom. The van der Waals surface area contributed by atoms with E-state index >= 15 is 0 Å². The maximum absolute atomic E-state index is 14.7. The Morgan fingerprint density at radius 3 is 2.55 bits per heavy atom. The average Bonchev–Trinajstić information content (AvgIpc) is 2.97. The SMILES string of the molecule is CSCC[C@H](NC(=O)c1c#cc(CN(CC2=CCCCC2)Cc2ccc(F)cc2F)cc1-c1ccccc1C)C(=O)O. The predicted molar refractivity (Wildman–Crippen MR) is 163 cm³/mol. The number of aryl methyl sites for hydroxylation is 1. The summed E-state index contributed by atoms with van der Waals surface area (Å²) in [6.07, 6.45) is 8.69. The fourth-order valence-corrected chi connectivity index (χ4v) is 5.67. The molecule has 0 fully saturated rings. The first-order chi connectivity index (χ1) is 20.2. The summed E-state index contributed by atoms with van der Waals surface area (Å²) in [6.45, 7) is 3.25. The molecule has 1 amide bonds. The van der Waals surface area contributed by atoms with Gasteiger partial charge in [0.05, 0.1) is 5.56 Å². The lowest BCUT2D eigenvalue weighted by Gasteiger charge is -2.25. The molecule has 0 saturated carbocycles. The summed E-state index contributed by atoms with van der Waals surface area (Å²) >= 11 is 1.51. The van der Waals surface area contributed by atoms with Crippen molar-refractivity contribution in [2.24, 2.45) is 0 Å². The molecule has 1 atom stereocenters. The molecule has 0 aliphatic heterocycles. The van der Waals surface area contributed by atoms with E-state index in [-0.39, 0.29) is 12.1 Å². The Balaban J connectivity index is 1.68. The number of nitrogens with one attached hydrogen (secondary N) is 1. The lowest BCUT2D eigenvalue weighted by molar-refractivity contribution is -0.139. The molecule has 3 aromatic carbocycles. The van der Waals surface area contributed by atoms with Crippen molar-refractivity contribution in [3.8, 4) is 11.1 Å². The van der Waals surface area contributed by atoms with E-state index in [1.54, 1.807) is 0 Å². The van der Waals surface area contributed by atoms with E-state index in [0.29, 0.717) is 36.4 Å². The van der Waals surface area contributed by atoms with Crippen LogP contribution in [0.1, 0.15) is 59.2 Å². The number of nitrogens with zero attached hydrogens (tertiary/aromatic N) is 1. The van der Waals surface area contributed by atoms with Gasteiger partial charge in [-0.1, -0.05) is 54.1 Å². The highest BCUT2D eigenvalue weighted by Crippen LogP contribution is 2.28. The van der Waals surface area contributed by atoms with E-state index < -0.39 is 29.6 Å². The second-order valence-corrected chi connectivity index (χ2v) is 11.6. The van der Waals surface area contributed by atoms with Gasteiger partial charge in [0.25, 0.3) is 5.91 Å². The van der Waals surface area contributed by atoms with Crippen LogP contribution in [0.5, 0.6) is 0 Å². The molecule has 0 radical (unpaired) electrons. The molecule has 0 unspecified atom stereocenters. The van der Waals surface area contributed by atoms with Crippen LogP contribution in [-0.2, 0) is 17.9 Å². The van der Waals surface area contributed by atoms with E-state index in [2.05, 4.69) is 28.4 Å². The van der Waals surface area contributed by atoms with Crippen LogP contribution in [0.2, 0.25) is 0 Å². The Bertz CT molecular complexity index is 1440. The van der Waals surface area contributed by atoms with Crippen LogP contribution in [0.3, 0.4) is 0 Å². The highest BCUT2D eigenvalue weighted by molar-refractivity contribution is 7.98. The molecular formula is C34H36F2N2O3S. The van der Waals surface area contributed by atoms with Gasteiger partial charge in [0.2, 0.25) is 0 Å². The Morgan fingerprint density at radius 1 is 1.05 bits per heavy atom. The summed E-state index contributed by atoms with van der Waals surface area (Å²) in [5, 5.41) is 12.3. The number of carbonyl (C=O) groups is 2. The zero-order valence-electron chi connectivity index (χ0n) is 24.0. The summed E-state index contributed by atoms with van der Waals surface area (Å²) in [6, 6.07) is 18.3. The number of amides is 1. The molecule has 0 heterocycles. The van der Waals surface area contributed by atoms with Crippen molar-refractivity contribution in [3.05, 3.63) is 106 Å². The van der Waals surface area contributed by atoms with E-state index in [1.165, 1.54) is 29.5 Å². The molecule has 0 aromatic heterocycles. The fraction of sp³-hybridized carbons (Fsp3) is 0.353. The molecular weight excluding hydrogens is 554 g/mol. The number of carboxylic acids is 1. The topological polar surface area (TPSA) is 69.6 Å². The first kappa shape index (κ1) is 31.3.